The van der Waals surface area contributed by atoms with Crippen LogP contribution >= 0.6 is 0 Å². The second-order valence-corrected chi connectivity index (χ2v) is 4.27. The number of rotatable bonds is 7. The van der Waals surface area contributed by atoms with Crippen molar-refractivity contribution in [3.8, 4) is 0 Å². The molecule has 0 bridgehead atoms. The number of carboxylic acid groups (broad SMARTS) is 1. The molecule has 0 aliphatic heterocycles. The molecule has 94 valence electrons. The normalized spacial score (nSPS) is 12.1. The van der Waals surface area contributed by atoms with Gasteiger partial charge in [-0.1, -0.05) is 26.2 Å². The molecule has 1 heterocycles. The van der Waals surface area contributed by atoms with Crippen LogP contribution in [0.1, 0.15) is 49.9 Å². The van der Waals surface area contributed by atoms with Gasteiger partial charge in [0.2, 0.25) is 0 Å². The van der Waals surface area contributed by atoms with Crippen LogP contribution in [-0.2, 0) is 0 Å². The van der Waals surface area contributed by atoms with Gasteiger partial charge in [-0.25, -0.2) is 4.79 Å². The summed E-state index contributed by atoms with van der Waals surface area (Å²) in [5, 5.41) is 12.2. The number of unbranched alkanes of at least 4 members (excludes halogenated alkanes) is 2. The first kappa shape index (κ1) is 13.5. The smallest absolute Gasteiger partial charge is 0.339 e. The predicted octanol–water partition coefficient (Wildman–Crippen LogP) is 3.16. The van der Waals surface area contributed by atoms with E-state index in [-0.39, 0.29) is 11.6 Å². The van der Waals surface area contributed by atoms with Crippen LogP contribution in [0.3, 0.4) is 0 Å². The molecule has 0 aliphatic carbocycles. The van der Waals surface area contributed by atoms with Crippen molar-refractivity contribution in [3.63, 3.8) is 0 Å². The van der Waals surface area contributed by atoms with Gasteiger partial charge in [-0.2, -0.15) is 0 Å². The summed E-state index contributed by atoms with van der Waals surface area (Å²) >= 11 is 0. The van der Waals surface area contributed by atoms with Crippen LogP contribution in [0, 0.1) is 0 Å². The second kappa shape index (κ2) is 6.89. The van der Waals surface area contributed by atoms with Gasteiger partial charge in [0.05, 0.1) is 5.69 Å². The first-order valence-corrected chi connectivity index (χ1v) is 6.09. The SMILES string of the molecule is CCCCCC(C)Nc1ccncc1C(=O)O. The average molecular weight is 236 g/mol. The van der Waals surface area contributed by atoms with Gasteiger partial charge in [0.1, 0.15) is 5.56 Å². The molecule has 1 rings (SSSR count). The van der Waals surface area contributed by atoms with Crippen LogP contribution < -0.4 is 5.32 Å². The Hall–Kier alpha value is -1.58. The summed E-state index contributed by atoms with van der Waals surface area (Å²) in [7, 11) is 0. The van der Waals surface area contributed by atoms with Gasteiger partial charge in [-0.15, -0.1) is 0 Å². The first-order valence-electron chi connectivity index (χ1n) is 6.09. The minimum atomic E-state index is -0.943. The molecule has 1 atom stereocenters. The monoisotopic (exact) mass is 236 g/mol. The summed E-state index contributed by atoms with van der Waals surface area (Å²) in [6, 6.07) is 1.99. The number of carbonyl (C=O) groups is 1. The van der Waals surface area contributed by atoms with E-state index in [1.807, 2.05) is 0 Å². The fourth-order valence-electron chi connectivity index (χ4n) is 1.73. The molecule has 2 N–H and O–H groups in total. The second-order valence-electron chi connectivity index (χ2n) is 4.27. The van der Waals surface area contributed by atoms with E-state index in [0.29, 0.717) is 5.69 Å². The summed E-state index contributed by atoms with van der Waals surface area (Å²) in [5.41, 5.74) is 0.881. The molecule has 17 heavy (non-hydrogen) atoms. The molecular formula is C13H20N2O2. The van der Waals surface area contributed by atoms with Gasteiger partial charge in [0.25, 0.3) is 0 Å². The van der Waals surface area contributed by atoms with Crippen molar-refractivity contribution in [1.29, 1.82) is 0 Å². The third-order valence-electron chi connectivity index (χ3n) is 2.69. The highest BCUT2D eigenvalue weighted by atomic mass is 16.4. The van der Waals surface area contributed by atoms with Crippen LogP contribution in [0.5, 0.6) is 0 Å². The van der Waals surface area contributed by atoms with E-state index in [1.54, 1.807) is 12.3 Å². The maximum absolute atomic E-state index is 11.0. The maximum atomic E-state index is 11.0. The molecule has 0 spiro atoms. The molecule has 1 unspecified atom stereocenters. The highest BCUT2D eigenvalue weighted by molar-refractivity contribution is 5.93. The first-order chi connectivity index (χ1) is 8.15. The molecule has 0 saturated carbocycles. The number of hydrogen-bond acceptors (Lipinski definition) is 3. The van der Waals surface area contributed by atoms with Crippen molar-refractivity contribution in [2.24, 2.45) is 0 Å². The highest BCUT2D eigenvalue weighted by Gasteiger charge is 2.11. The summed E-state index contributed by atoms with van der Waals surface area (Å²) in [6.45, 7) is 4.24. The third kappa shape index (κ3) is 4.43. The lowest BCUT2D eigenvalue weighted by Gasteiger charge is -2.16. The Morgan fingerprint density at radius 3 is 2.94 bits per heavy atom. The fraction of sp³-hybridized carbons (Fsp3) is 0.538. The summed E-state index contributed by atoms with van der Waals surface area (Å²) in [4.78, 5) is 14.8. The highest BCUT2D eigenvalue weighted by Crippen LogP contribution is 2.16. The maximum Gasteiger partial charge on any atom is 0.339 e. The van der Waals surface area contributed by atoms with Crippen molar-refractivity contribution < 1.29 is 9.90 Å². The van der Waals surface area contributed by atoms with Gasteiger partial charge < -0.3 is 10.4 Å². The number of nitrogens with zero attached hydrogens (tertiary/aromatic N) is 1. The minimum absolute atomic E-state index is 0.231. The van der Waals surface area contributed by atoms with Gasteiger partial charge in [0, 0.05) is 18.4 Å². The Morgan fingerprint density at radius 2 is 2.29 bits per heavy atom. The van der Waals surface area contributed by atoms with Crippen molar-refractivity contribution >= 4 is 11.7 Å². The summed E-state index contributed by atoms with van der Waals surface area (Å²) in [5.74, 6) is -0.943. The lowest BCUT2D eigenvalue weighted by Crippen LogP contribution is -2.17. The van der Waals surface area contributed by atoms with Crippen LogP contribution in [-0.4, -0.2) is 22.1 Å². The Labute approximate surface area is 102 Å². The molecule has 4 heteroatoms. The predicted molar refractivity (Wildman–Crippen MR) is 68.4 cm³/mol. The molecule has 0 amide bonds. The van der Waals surface area contributed by atoms with Crippen molar-refractivity contribution in [2.45, 2.75) is 45.6 Å². The number of anilines is 1. The lowest BCUT2D eigenvalue weighted by atomic mass is 10.1. The average Bonchev–Trinajstić information content (AvgIpc) is 2.29. The van der Waals surface area contributed by atoms with Gasteiger partial charge in [-0.3, -0.25) is 4.98 Å². The topological polar surface area (TPSA) is 62.2 Å². The number of hydrogen-bond donors (Lipinski definition) is 2. The quantitative estimate of drug-likeness (QED) is 0.714. The largest absolute Gasteiger partial charge is 0.478 e. The van der Waals surface area contributed by atoms with Gasteiger partial charge >= 0.3 is 5.97 Å². The fourth-order valence-corrected chi connectivity index (χ4v) is 1.73. The standard InChI is InChI=1S/C13H20N2O2/c1-3-4-5-6-10(2)15-12-7-8-14-9-11(12)13(16)17/h7-10H,3-6H2,1-2H3,(H,14,15)(H,16,17). The van der Waals surface area contributed by atoms with Crippen LogP contribution in [0.15, 0.2) is 18.5 Å². The Bertz CT molecular complexity index is 366. The summed E-state index contributed by atoms with van der Waals surface area (Å²) < 4.78 is 0. The van der Waals surface area contributed by atoms with Gasteiger partial charge in [0.15, 0.2) is 0 Å². The number of carboxylic acids is 1. The molecule has 0 saturated heterocycles. The van der Waals surface area contributed by atoms with E-state index in [4.69, 9.17) is 5.11 Å². The third-order valence-corrected chi connectivity index (χ3v) is 2.69. The molecule has 0 aliphatic rings. The zero-order valence-electron chi connectivity index (χ0n) is 10.4. The molecule has 1 aromatic heterocycles. The van der Waals surface area contributed by atoms with E-state index < -0.39 is 5.97 Å². The zero-order chi connectivity index (χ0) is 12.7. The summed E-state index contributed by atoms with van der Waals surface area (Å²) in [6.07, 6.45) is 7.61. The minimum Gasteiger partial charge on any atom is -0.478 e. The van der Waals surface area contributed by atoms with E-state index in [9.17, 15) is 4.79 Å². The van der Waals surface area contributed by atoms with E-state index >= 15 is 0 Å². The zero-order valence-corrected chi connectivity index (χ0v) is 10.4. The number of nitrogens with one attached hydrogen (secondary N) is 1. The molecule has 1 aromatic rings. The molecule has 0 radical (unpaired) electrons. The van der Waals surface area contributed by atoms with Crippen molar-refractivity contribution in [2.75, 3.05) is 5.32 Å². The molecule has 0 fully saturated rings. The van der Waals surface area contributed by atoms with E-state index in [2.05, 4.69) is 24.1 Å². The lowest BCUT2D eigenvalue weighted by molar-refractivity contribution is 0.0697. The van der Waals surface area contributed by atoms with Gasteiger partial charge in [-0.05, 0) is 19.4 Å². The Balaban J connectivity index is 2.58. The number of aromatic nitrogens is 1. The Kier molecular flexibility index (Phi) is 5.46. The van der Waals surface area contributed by atoms with E-state index in [0.717, 1.165) is 12.8 Å². The molecular weight excluding hydrogens is 216 g/mol. The number of pyridine rings is 1. The van der Waals surface area contributed by atoms with Crippen LogP contribution in [0.4, 0.5) is 5.69 Å². The van der Waals surface area contributed by atoms with Crippen LogP contribution in [0.25, 0.3) is 0 Å². The molecule has 4 nitrogen and oxygen atoms in total. The van der Waals surface area contributed by atoms with Crippen molar-refractivity contribution in [1.82, 2.24) is 4.98 Å². The number of aromatic carboxylic acids is 1. The molecule has 0 aromatic carbocycles. The van der Waals surface area contributed by atoms with Crippen molar-refractivity contribution in [3.05, 3.63) is 24.0 Å². The van der Waals surface area contributed by atoms with Crippen LogP contribution in [0.2, 0.25) is 0 Å². The Morgan fingerprint density at radius 1 is 1.53 bits per heavy atom. The van der Waals surface area contributed by atoms with E-state index in [1.165, 1.54) is 19.0 Å².